The molecular weight excluding hydrogens is 340 g/mol. The van der Waals surface area contributed by atoms with Crippen molar-refractivity contribution < 1.29 is 17.9 Å². The van der Waals surface area contributed by atoms with Crippen molar-refractivity contribution >= 4 is 15.9 Å². The summed E-state index contributed by atoms with van der Waals surface area (Å²) < 4.78 is 32.8. The van der Waals surface area contributed by atoms with Crippen molar-refractivity contribution in [3.63, 3.8) is 0 Å². The maximum absolute atomic E-state index is 12.5. The monoisotopic (exact) mass is 362 g/mol. The molecule has 0 aromatic heterocycles. The van der Waals surface area contributed by atoms with E-state index >= 15 is 0 Å². The minimum Gasteiger partial charge on any atom is -0.496 e. The Bertz CT molecular complexity index is 835. The number of rotatable bonds is 7. The van der Waals surface area contributed by atoms with E-state index in [2.05, 4.69) is 10.0 Å². The number of sulfonamides is 1. The zero-order chi connectivity index (χ0) is 18.4. The molecule has 0 spiro atoms. The van der Waals surface area contributed by atoms with E-state index in [9.17, 15) is 13.2 Å². The van der Waals surface area contributed by atoms with Crippen molar-refractivity contribution in [3.05, 3.63) is 59.7 Å². The fourth-order valence-electron chi connectivity index (χ4n) is 2.38. The Morgan fingerprint density at radius 2 is 1.84 bits per heavy atom. The summed E-state index contributed by atoms with van der Waals surface area (Å²) in [4.78, 5) is 11.9. The average molecular weight is 362 g/mol. The van der Waals surface area contributed by atoms with Gasteiger partial charge in [0.2, 0.25) is 10.0 Å². The summed E-state index contributed by atoms with van der Waals surface area (Å²) in [7, 11) is -0.837. The lowest BCUT2D eigenvalue weighted by molar-refractivity contribution is 0.0960. The van der Waals surface area contributed by atoms with E-state index in [1.807, 2.05) is 37.3 Å². The third-order valence-corrected chi connectivity index (χ3v) is 5.32. The van der Waals surface area contributed by atoms with Crippen LogP contribution in [0.4, 0.5) is 0 Å². The Balaban J connectivity index is 2.20. The molecule has 0 bridgehead atoms. The molecule has 0 saturated heterocycles. The van der Waals surface area contributed by atoms with Crippen molar-refractivity contribution in [1.82, 2.24) is 10.0 Å². The fraction of sp³-hybridized carbons (Fsp3) is 0.278. The molecule has 0 aliphatic rings. The molecule has 6 nitrogen and oxygen atoms in total. The zero-order valence-electron chi connectivity index (χ0n) is 14.4. The standard InChI is InChI=1S/C18H22N2O4S/c1-13(14-7-5-4-6-8-14)12-20-25(22,23)15-9-10-17(24-3)16(11-15)18(21)19-2/h4-11,13,20H,12H2,1-3H3,(H,19,21)/t13-/m1/s1. The molecule has 134 valence electrons. The summed E-state index contributed by atoms with van der Waals surface area (Å²) in [5.74, 6) is -0.0739. The first-order valence-corrected chi connectivity index (χ1v) is 9.32. The van der Waals surface area contributed by atoms with Gasteiger partial charge >= 0.3 is 0 Å². The van der Waals surface area contributed by atoms with Crippen LogP contribution in [0.1, 0.15) is 28.8 Å². The number of carbonyl (C=O) groups is 1. The molecule has 0 unspecified atom stereocenters. The molecule has 1 atom stereocenters. The average Bonchev–Trinajstić information content (AvgIpc) is 2.65. The number of nitrogens with one attached hydrogen (secondary N) is 2. The Hall–Kier alpha value is -2.38. The minimum atomic E-state index is -3.74. The first kappa shape index (κ1) is 19.0. The van der Waals surface area contributed by atoms with Crippen LogP contribution in [0.25, 0.3) is 0 Å². The van der Waals surface area contributed by atoms with E-state index in [1.165, 1.54) is 32.4 Å². The molecule has 0 radical (unpaired) electrons. The van der Waals surface area contributed by atoms with Gasteiger partial charge in [0.1, 0.15) is 5.75 Å². The lowest BCUT2D eigenvalue weighted by Crippen LogP contribution is -2.28. The van der Waals surface area contributed by atoms with Crippen molar-refractivity contribution in [3.8, 4) is 5.75 Å². The van der Waals surface area contributed by atoms with Gasteiger partial charge in [0.05, 0.1) is 17.6 Å². The van der Waals surface area contributed by atoms with Gasteiger partial charge in [-0.15, -0.1) is 0 Å². The Morgan fingerprint density at radius 1 is 1.16 bits per heavy atom. The smallest absolute Gasteiger partial charge is 0.254 e. The van der Waals surface area contributed by atoms with Gasteiger partial charge in [-0.1, -0.05) is 37.3 Å². The lowest BCUT2D eigenvalue weighted by Gasteiger charge is -2.14. The molecule has 0 heterocycles. The number of methoxy groups -OCH3 is 1. The molecule has 2 rings (SSSR count). The molecule has 0 fully saturated rings. The number of ether oxygens (including phenoxy) is 1. The van der Waals surface area contributed by atoms with Crippen LogP contribution >= 0.6 is 0 Å². The highest BCUT2D eigenvalue weighted by Gasteiger charge is 2.20. The highest BCUT2D eigenvalue weighted by Crippen LogP contribution is 2.23. The largest absolute Gasteiger partial charge is 0.496 e. The first-order valence-electron chi connectivity index (χ1n) is 7.83. The van der Waals surface area contributed by atoms with Crippen LogP contribution < -0.4 is 14.8 Å². The molecule has 25 heavy (non-hydrogen) atoms. The Labute approximate surface area is 148 Å². The summed E-state index contributed by atoms with van der Waals surface area (Å²) >= 11 is 0. The molecule has 0 aliphatic carbocycles. The highest BCUT2D eigenvalue weighted by molar-refractivity contribution is 7.89. The normalized spacial score (nSPS) is 12.4. The van der Waals surface area contributed by atoms with Gasteiger partial charge < -0.3 is 10.1 Å². The summed E-state index contributed by atoms with van der Waals surface area (Å²) in [6, 6.07) is 13.9. The molecule has 0 aliphatic heterocycles. The third kappa shape index (κ3) is 4.58. The minimum absolute atomic E-state index is 0.0205. The predicted octanol–water partition coefficient (Wildman–Crippen LogP) is 2.14. The van der Waals surface area contributed by atoms with Crippen molar-refractivity contribution in [2.75, 3.05) is 20.7 Å². The Kier molecular flexibility index (Phi) is 6.17. The van der Waals surface area contributed by atoms with E-state index in [4.69, 9.17) is 4.74 Å². The van der Waals surface area contributed by atoms with Crippen LogP contribution in [-0.2, 0) is 10.0 Å². The SMILES string of the molecule is CNC(=O)c1cc(S(=O)(=O)NC[C@@H](C)c2ccccc2)ccc1OC. The molecule has 7 heteroatoms. The van der Waals surface area contributed by atoms with E-state index < -0.39 is 15.9 Å². The zero-order valence-corrected chi connectivity index (χ0v) is 15.3. The fourth-order valence-corrected chi connectivity index (χ4v) is 3.54. The van der Waals surface area contributed by atoms with E-state index in [0.717, 1.165) is 5.56 Å². The van der Waals surface area contributed by atoms with Crippen LogP contribution in [0, 0.1) is 0 Å². The van der Waals surface area contributed by atoms with E-state index in [0.29, 0.717) is 5.75 Å². The van der Waals surface area contributed by atoms with Crippen molar-refractivity contribution in [1.29, 1.82) is 0 Å². The van der Waals surface area contributed by atoms with Crippen molar-refractivity contribution in [2.45, 2.75) is 17.7 Å². The molecule has 2 N–H and O–H groups in total. The lowest BCUT2D eigenvalue weighted by atomic mass is 10.0. The van der Waals surface area contributed by atoms with E-state index in [-0.39, 0.29) is 22.9 Å². The summed E-state index contributed by atoms with van der Waals surface area (Å²) in [5, 5.41) is 2.47. The van der Waals surface area contributed by atoms with Gasteiger partial charge in [0.15, 0.2) is 0 Å². The van der Waals surface area contributed by atoms with Gasteiger partial charge in [0, 0.05) is 13.6 Å². The van der Waals surface area contributed by atoms with Gasteiger partial charge in [-0.05, 0) is 29.7 Å². The van der Waals surface area contributed by atoms with Gasteiger partial charge in [-0.25, -0.2) is 13.1 Å². The third-order valence-electron chi connectivity index (χ3n) is 3.90. The second kappa shape index (κ2) is 8.13. The number of hydrogen-bond donors (Lipinski definition) is 2. The van der Waals surface area contributed by atoms with Crippen LogP contribution in [0.15, 0.2) is 53.4 Å². The first-order chi connectivity index (χ1) is 11.9. The molecule has 2 aromatic rings. The predicted molar refractivity (Wildman–Crippen MR) is 96.4 cm³/mol. The van der Waals surface area contributed by atoms with Crippen LogP contribution in [0.5, 0.6) is 5.75 Å². The second-order valence-electron chi connectivity index (χ2n) is 5.60. The molecule has 1 amide bonds. The highest BCUT2D eigenvalue weighted by atomic mass is 32.2. The maximum Gasteiger partial charge on any atom is 0.254 e. The van der Waals surface area contributed by atoms with E-state index in [1.54, 1.807) is 0 Å². The number of carbonyl (C=O) groups excluding carboxylic acids is 1. The molecule has 2 aromatic carbocycles. The van der Waals surface area contributed by atoms with Gasteiger partial charge in [-0.3, -0.25) is 4.79 Å². The van der Waals surface area contributed by atoms with Crippen LogP contribution in [-0.4, -0.2) is 35.0 Å². The Morgan fingerprint density at radius 3 is 2.44 bits per heavy atom. The number of hydrogen-bond acceptors (Lipinski definition) is 4. The van der Waals surface area contributed by atoms with Crippen LogP contribution in [0.2, 0.25) is 0 Å². The summed E-state index contributed by atoms with van der Waals surface area (Å²) in [6.45, 7) is 2.20. The second-order valence-corrected chi connectivity index (χ2v) is 7.37. The molecule has 0 saturated carbocycles. The van der Waals surface area contributed by atoms with Crippen LogP contribution in [0.3, 0.4) is 0 Å². The molecular formula is C18H22N2O4S. The summed E-state index contributed by atoms with van der Waals surface area (Å²) in [6.07, 6.45) is 0. The number of benzene rings is 2. The number of amides is 1. The quantitative estimate of drug-likeness (QED) is 0.790. The summed E-state index contributed by atoms with van der Waals surface area (Å²) in [5.41, 5.74) is 1.22. The van der Waals surface area contributed by atoms with Gasteiger partial charge in [0.25, 0.3) is 5.91 Å². The van der Waals surface area contributed by atoms with Crippen molar-refractivity contribution in [2.24, 2.45) is 0 Å². The maximum atomic E-state index is 12.5. The topological polar surface area (TPSA) is 84.5 Å². The van der Waals surface area contributed by atoms with Gasteiger partial charge in [-0.2, -0.15) is 0 Å².